The quantitative estimate of drug-likeness (QED) is 0.484. The zero-order valence-electron chi connectivity index (χ0n) is 17.7. The summed E-state index contributed by atoms with van der Waals surface area (Å²) in [5, 5.41) is 13.7. The number of carbonyl (C=O) groups is 2. The molecule has 0 saturated carbocycles. The highest BCUT2D eigenvalue weighted by Crippen LogP contribution is 2.20. The van der Waals surface area contributed by atoms with Crippen LogP contribution in [0.2, 0.25) is 0 Å². The number of aromatic nitrogens is 1. The van der Waals surface area contributed by atoms with Crippen molar-refractivity contribution in [3.8, 4) is 0 Å². The van der Waals surface area contributed by atoms with E-state index in [-0.39, 0.29) is 42.1 Å². The third-order valence-electron chi connectivity index (χ3n) is 5.18. The molecule has 1 aliphatic rings. The standard InChI is InChI=1S/C20H27N5O6/c1-14(2)21-18(26)13-22-8-10-23(11-9-22)19(27)4-3-7-24-16-6-5-15(25(29)30)12-17(16)31-20(24)28/h5-6,12,14H,3-4,7-11,13H2,1-2H3,(H,21,26). The van der Waals surface area contributed by atoms with E-state index in [9.17, 15) is 24.5 Å². The zero-order valence-corrected chi connectivity index (χ0v) is 17.7. The van der Waals surface area contributed by atoms with Gasteiger partial charge in [0.1, 0.15) is 0 Å². The molecule has 0 atom stereocenters. The van der Waals surface area contributed by atoms with Gasteiger partial charge in [0.05, 0.1) is 23.1 Å². The fraction of sp³-hybridized carbons (Fsp3) is 0.550. The first-order valence-corrected chi connectivity index (χ1v) is 10.3. The minimum absolute atomic E-state index is 0.00256. The molecule has 1 aromatic carbocycles. The molecule has 2 amide bonds. The molecule has 0 spiro atoms. The average molecular weight is 433 g/mol. The second kappa shape index (κ2) is 9.73. The molecule has 0 radical (unpaired) electrons. The Hall–Kier alpha value is -3.21. The Balaban J connectivity index is 1.48. The Labute approximate surface area is 178 Å². The fourth-order valence-corrected chi connectivity index (χ4v) is 3.65. The van der Waals surface area contributed by atoms with Crippen LogP contribution >= 0.6 is 0 Å². The largest absolute Gasteiger partial charge is 0.419 e. The van der Waals surface area contributed by atoms with Crippen LogP contribution in [0.1, 0.15) is 26.7 Å². The first kappa shape index (κ1) is 22.5. The van der Waals surface area contributed by atoms with Gasteiger partial charge in [0.25, 0.3) is 5.69 Å². The van der Waals surface area contributed by atoms with Crippen LogP contribution in [0.15, 0.2) is 27.4 Å². The molecule has 0 aliphatic carbocycles. The van der Waals surface area contributed by atoms with Gasteiger partial charge in [-0.2, -0.15) is 0 Å². The van der Waals surface area contributed by atoms with Crippen molar-refractivity contribution in [2.75, 3.05) is 32.7 Å². The molecule has 168 valence electrons. The lowest BCUT2D eigenvalue weighted by Crippen LogP contribution is -2.51. The number of nitrogens with zero attached hydrogens (tertiary/aromatic N) is 4. The number of fused-ring (bicyclic) bond motifs is 1. The van der Waals surface area contributed by atoms with Crippen LogP contribution in [-0.2, 0) is 16.1 Å². The van der Waals surface area contributed by atoms with E-state index in [2.05, 4.69) is 5.32 Å². The van der Waals surface area contributed by atoms with Crippen LogP contribution in [0.25, 0.3) is 11.1 Å². The number of hydrogen-bond donors (Lipinski definition) is 1. The molecule has 2 heterocycles. The lowest BCUT2D eigenvalue weighted by Gasteiger charge is -2.34. The summed E-state index contributed by atoms with van der Waals surface area (Å²) in [6.07, 6.45) is 0.724. The van der Waals surface area contributed by atoms with Crippen LogP contribution in [-0.4, -0.2) is 69.9 Å². The van der Waals surface area contributed by atoms with Gasteiger partial charge in [0, 0.05) is 51.3 Å². The molecule has 1 aliphatic heterocycles. The van der Waals surface area contributed by atoms with Gasteiger partial charge in [-0.05, 0) is 26.3 Å². The smallest absolute Gasteiger partial charge is 0.407 e. The number of piperazine rings is 1. The van der Waals surface area contributed by atoms with Gasteiger partial charge in [-0.1, -0.05) is 0 Å². The van der Waals surface area contributed by atoms with Crippen molar-refractivity contribution >= 4 is 28.6 Å². The minimum atomic E-state index is -0.601. The summed E-state index contributed by atoms with van der Waals surface area (Å²) in [6, 6.07) is 4.12. The number of amides is 2. The van der Waals surface area contributed by atoms with Crippen molar-refractivity contribution in [1.29, 1.82) is 0 Å². The lowest BCUT2D eigenvalue weighted by atomic mass is 10.2. The number of oxazole rings is 1. The Morgan fingerprint density at radius 3 is 2.58 bits per heavy atom. The summed E-state index contributed by atoms with van der Waals surface area (Å²) in [5.74, 6) is -0.614. The fourth-order valence-electron chi connectivity index (χ4n) is 3.65. The van der Waals surface area contributed by atoms with Gasteiger partial charge in [0.2, 0.25) is 11.8 Å². The van der Waals surface area contributed by atoms with E-state index in [0.717, 1.165) is 0 Å². The first-order chi connectivity index (χ1) is 14.7. The Kier molecular flexibility index (Phi) is 7.06. The molecule has 1 fully saturated rings. The van der Waals surface area contributed by atoms with E-state index >= 15 is 0 Å². The second-order valence-electron chi connectivity index (χ2n) is 7.91. The number of benzene rings is 1. The molecule has 31 heavy (non-hydrogen) atoms. The van der Waals surface area contributed by atoms with Crippen molar-refractivity contribution < 1.29 is 18.9 Å². The van der Waals surface area contributed by atoms with Gasteiger partial charge in [-0.25, -0.2) is 4.79 Å². The highest BCUT2D eigenvalue weighted by Gasteiger charge is 2.22. The molecule has 11 heteroatoms. The van der Waals surface area contributed by atoms with Crippen molar-refractivity contribution in [1.82, 2.24) is 19.7 Å². The number of rotatable bonds is 8. The molecule has 1 aromatic heterocycles. The van der Waals surface area contributed by atoms with Crippen molar-refractivity contribution in [3.63, 3.8) is 0 Å². The Bertz CT molecular complexity index is 1020. The SMILES string of the molecule is CC(C)NC(=O)CN1CCN(C(=O)CCCn2c(=O)oc3cc([N+](=O)[O-])ccc32)CC1. The monoisotopic (exact) mass is 433 g/mol. The van der Waals surface area contributed by atoms with E-state index in [1.807, 2.05) is 18.7 Å². The van der Waals surface area contributed by atoms with Gasteiger partial charge >= 0.3 is 5.76 Å². The van der Waals surface area contributed by atoms with Gasteiger partial charge in [-0.15, -0.1) is 0 Å². The molecule has 2 aromatic rings. The molecule has 0 bridgehead atoms. The first-order valence-electron chi connectivity index (χ1n) is 10.3. The summed E-state index contributed by atoms with van der Waals surface area (Å²) >= 11 is 0. The van der Waals surface area contributed by atoms with Crippen molar-refractivity contribution in [3.05, 3.63) is 38.9 Å². The van der Waals surface area contributed by atoms with Crippen LogP contribution in [0.4, 0.5) is 5.69 Å². The summed E-state index contributed by atoms with van der Waals surface area (Å²) < 4.78 is 6.49. The number of nitro groups is 1. The van der Waals surface area contributed by atoms with Crippen molar-refractivity contribution in [2.24, 2.45) is 0 Å². The number of hydrogen-bond acceptors (Lipinski definition) is 7. The summed E-state index contributed by atoms with van der Waals surface area (Å²) in [5.41, 5.74) is 0.476. The summed E-state index contributed by atoms with van der Waals surface area (Å²) in [6.45, 7) is 6.85. The average Bonchev–Trinajstić information content (AvgIpc) is 3.02. The highest BCUT2D eigenvalue weighted by atomic mass is 16.6. The van der Waals surface area contributed by atoms with Crippen LogP contribution in [0, 0.1) is 10.1 Å². The Morgan fingerprint density at radius 2 is 1.94 bits per heavy atom. The summed E-state index contributed by atoms with van der Waals surface area (Å²) in [4.78, 5) is 50.6. The number of nitro benzene ring substituents is 1. The predicted octanol–water partition coefficient (Wildman–Crippen LogP) is 0.952. The Morgan fingerprint density at radius 1 is 1.23 bits per heavy atom. The maximum atomic E-state index is 12.5. The molecule has 11 nitrogen and oxygen atoms in total. The number of aryl methyl sites for hydroxylation is 1. The zero-order chi connectivity index (χ0) is 22.5. The number of nitrogens with one attached hydrogen (secondary N) is 1. The van der Waals surface area contributed by atoms with E-state index in [4.69, 9.17) is 4.42 Å². The molecular weight excluding hydrogens is 406 g/mol. The van der Waals surface area contributed by atoms with Gasteiger partial charge in [0.15, 0.2) is 5.58 Å². The molecule has 1 saturated heterocycles. The van der Waals surface area contributed by atoms with Gasteiger partial charge in [-0.3, -0.25) is 29.2 Å². The van der Waals surface area contributed by atoms with E-state index < -0.39 is 10.7 Å². The second-order valence-corrected chi connectivity index (χ2v) is 7.91. The molecule has 3 rings (SSSR count). The van der Waals surface area contributed by atoms with Crippen molar-refractivity contribution in [2.45, 2.75) is 39.3 Å². The third kappa shape index (κ3) is 5.69. The molecule has 0 unspecified atom stereocenters. The maximum Gasteiger partial charge on any atom is 0.419 e. The van der Waals surface area contributed by atoms with Crippen LogP contribution < -0.4 is 11.1 Å². The third-order valence-corrected chi connectivity index (χ3v) is 5.18. The van der Waals surface area contributed by atoms with Gasteiger partial charge < -0.3 is 14.6 Å². The topological polar surface area (TPSA) is 131 Å². The van der Waals surface area contributed by atoms with Crippen LogP contribution in [0.3, 0.4) is 0 Å². The molecular formula is C20H27N5O6. The number of non-ortho nitro benzene ring substituents is 1. The summed E-state index contributed by atoms with van der Waals surface area (Å²) in [7, 11) is 0. The van der Waals surface area contributed by atoms with Crippen LogP contribution in [0.5, 0.6) is 0 Å². The number of carbonyl (C=O) groups excluding carboxylic acids is 2. The van der Waals surface area contributed by atoms with E-state index in [1.54, 1.807) is 4.90 Å². The van der Waals surface area contributed by atoms with E-state index in [0.29, 0.717) is 44.7 Å². The van der Waals surface area contributed by atoms with E-state index in [1.165, 1.54) is 22.8 Å². The highest BCUT2D eigenvalue weighted by molar-refractivity contribution is 5.79. The maximum absolute atomic E-state index is 12.5. The lowest BCUT2D eigenvalue weighted by molar-refractivity contribution is -0.384. The minimum Gasteiger partial charge on any atom is -0.407 e. The predicted molar refractivity (Wildman–Crippen MR) is 113 cm³/mol. The normalized spacial score (nSPS) is 14.9. The molecule has 1 N–H and O–H groups in total.